The molecular formula is C17H28Cl2N4O2S. The molecule has 0 spiro atoms. The molecular weight excluding hydrogens is 395 g/mol. The van der Waals surface area contributed by atoms with Crippen molar-refractivity contribution in [3.05, 3.63) is 23.9 Å². The molecule has 1 aliphatic rings. The first-order chi connectivity index (χ1) is 11.5. The number of hydrogen-bond donors (Lipinski definition) is 2. The standard InChI is InChI=1S/C17H26N4O2S.2ClH/c1-12-5-3-7-15(19-12)20-16(22)13-6-4-9-21(11-13)17(23)14(18)8-10-24-2;;/h3,5,7,13-14H,4,6,8-11,18H2,1-2H3,(H,19,20,22);2*1H/t13?,14-;;/m0../s1. The number of nitrogens with two attached hydrogens (primary N) is 1. The lowest BCUT2D eigenvalue weighted by atomic mass is 9.96. The van der Waals surface area contributed by atoms with Gasteiger partial charge in [0, 0.05) is 18.8 Å². The molecule has 1 aromatic heterocycles. The molecule has 1 aromatic rings. The number of thioether (sulfide) groups is 1. The lowest BCUT2D eigenvalue weighted by molar-refractivity contribution is -0.135. The van der Waals surface area contributed by atoms with Gasteiger partial charge in [0.1, 0.15) is 5.82 Å². The third kappa shape index (κ3) is 7.31. The van der Waals surface area contributed by atoms with Crippen molar-refractivity contribution in [2.24, 2.45) is 11.7 Å². The number of amides is 2. The zero-order valence-corrected chi connectivity index (χ0v) is 17.6. The summed E-state index contributed by atoms with van der Waals surface area (Å²) in [4.78, 5) is 30.9. The topological polar surface area (TPSA) is 88.3 Å². The van der Waals surface area contributed by atoms with Crippen LogP contribution in [0.15, 0.2) is 18.2 Å². The van der Waals surface area contributed by atoms with E-state index in [1.165, 1.54) is 0 Å². The van der Waals surface area contributed by atoms with Crippen LogP contribution in [0.3, 0.4) is 0 Å². The average Bonchev–Trinajstić information content (AvgIpc) is 2.59. The van der Waals surface area contributed by atoms with Gasteiger partial charge < -0.3 is 16.0 Å². The molecule has 0 saturated carbocycles. The van der Waals surface area contributed by atoms with Crippen molar-refractivity contribution in [2.75, 3.05) is 30.4 Å². The third-order valence-electron chi connectivity index (χ3n) is 4.19. The van der Waals surface area contributed by atoms with E-state index in [4.69, 9.17) is 5.73 Å². The van der Waals surface area contributed by atoms with Crippen molar-refractivity contribution in [3.8, 4) is 0 Å². The summed E-state index contributed by atoms with van der Waals surface area (Å²) in [6.45, 7) is 2.99. The molecule has 2 rings (SSSR count). The second-order valence-corrected chi connectivity index (χ2v) is 7.15. The van der Waals surface area contributed by atoms with Crippen LogP contribution in [0.5, 0.6) is 0 Å². The fraction of sp³-hybridized carbons (Fsp3) is 0.588. The van der Waals surface area contributed by atoms with Crippen LogP contribution in [0.1, 0.15) is 25.0 Å². The highest BCUT2D eigenvalue weighted by molar-refractivity contribution is 7.98. The highest BCUT2D eigenvalue weighted by Crippen LogP contribution is 2.19. The van der Waals surface area contributed by atoms with E-state index in [9.17, 15) is 9.59 Å². The Morgan fingerprint density at radius 1 is 1.42 bits per heavy atom. The molecule has 1 fully saturated rings. The minimum absolute atomic E-state index is 0. The number of pyridine rings is 1. The Kier molecular flexibility index (Phi) is 11.9. The molecule has 148 valence electrons. The van der Waals surface area contributed by atoms with Crippen molar-refractivity contribution in [3.63, 3.8) is 0 Å². The maximum absolute atomic E-state index is 12.5. The number of carbonyl (C=O) groups excluding carboxylic acids is 2. The summed E-state index contributed by atoms with van der Waals surface area (Å²) >= 11 is 1.68. The lowest BCUT2D eigenvalue weighted by Gasteiger charge is -2.33. The van der Waals surface area contributed by atoms with Gasteiger partial charge in [0.05, 0.1) is 12.0 Å². The first-order valence-corrected chi connectivity index (χ1v) is 9.68. The van der Waals surface area contributed by atoms with Crippen molar-refractivity contribution in [1.82, 2.24) is 9.88 Å². The molecule has 26 heavy (non-hydrogen) atoms. The van der Waals surface area contributed by atoms with Gasteiger partial charge in [-0.05, 0) is 50.3 Å². The van der Waals surface area contributed by atoms with Crippen molar-refractivity contribution in [2.45, 2.75) is 32.2 Å². The number of hydrogen-bond acceptors (Lipinski definition) is 5. The molecule has 2 heterocycles. The van der Waals surface area contributed by atoms with Gasteiger partial charge in [-0.1, -0.05) is 6.07 Å². The molecule has 0 bridgehead atoms. The third-order valence-corrected chi connectivity index (χ3v) is 4.84. The van der Waals surface area contributed by atoms with E-state index >= 15 is 0 Å². The number of likely N-dealkylation sites (tertiary alicyclic amines) is 1. The highest BCUT2D eigenvalue weighted by atomic mass is 35.5. The molecule has 6 nitrogen and oxygen atoms in total. The van der Waals surface area contributed by atoms with Crippen LogP contribution >= 0.6 is 36.6 Å². The fourth-order valence-electron chi connectivity index (χ4n) is 2.84. The first kappa shape index (κ1) is 25.0. The Hall–Kier alpha value is -1.02. The van der Waals surface area contributed by atoms with E-state index in [1.807, 2.05) is 25.3 Å². The summed E-state index contributed by atoms with van der Waals surface area (Å²) in [5.74, 6) is 1.08. The summed E-state index contributed by atoms with van der Waals surface area (Å²) in [7, 11) is 0. The number of aromatic nitrogens is 1. The van der Waals surface area contributed by atoms with E-state index in [0.29, 0.717) is 25.3 Å². The number of piperidine rings is 1. The van der Waals surface area contributed by atoms with Gasteiger partial charge in [0.15, 0.2) is 0 Å². The molecule has 1 saturated heterocycles. The number of nitrogens with one attached hydrogen (secondary N) is 1. The molecule has 3 N–H and O–H groups in total. The van der Waals surface area contributed by atoms with Gasteiger partial charge >= 0.3 is 0 Å². The largest absolute Gasteiger partial charge is 0.341 e. The predicted molar refractivity (Wildman–Crippen MR) is 112 cm³/mol. The molecule has 2 amide bonds. The molecule has 2 atom stereocenters. The van der Waals surface area contributed by atoms with E-state index < -0.39 is 6.04 Å². The van der Waals surface area contributed by atoms with Gasteiger partial charge in [-0.2, -0.15) is 11.8 Å². The van der Waals surface area contributed by atoms with Crippen molar-refractivity contribution in [1.29, 1.82) is 0 Å². The normalized spacial score (nSPS) is 17.5. The first-order valence-electron chi connectivity index (χ1n) is 8.29. The van der Waals surface area contributed by atoms with Crippen LogP contribution in [0.25, 0.3) is 0 Å². The van der Waals surface area contributed by atoms with Crippen LogP contribution in [0, 0.1) is 12.8 Å². The Bertz CT molecular complexity index is 592. The molecule has 0 radical (unpaired) electrons. The minimum atomic E-state index is -0.474. The van der Waals surface area contributed by atoms with Crippen molar-refractivity contribution >= 4 is 54.2 Å². The summed E-state index contributed by atoms with van der Waals surface area (Å²) in [5.41, 5.74) is 6.84. The van der Waals surface area contributed by atoms with Gasteiger partial charge in [-0.15, -0.1) is 24.8 Å². The van der Waals surface area contributed by atoms with Gasteiger partial charge in [-0.3, -0.25) is 9.59 Å². The SMILES string of the molecule is CSCC[C@H](N)C(=O)N1CCCC(C(=O)Nc2cccc(C)n2)C1.Cl.Cl. The van der Waals surface area contributed by atoms with Gasteiger partial charge in [0.25, 0.3) is 0 Å². The predicted octanol–water partition coefficient (Wildman–Crippen LogP) is 2.49. The number of anilines is 1. The van der Waals surface area contributed by atoms with E-state index in [2.05, 4.69) is 10.3 Å². The Morgan fingerprint density at radius 3 is 2.81 bits per heavy atom. The highest BCUT2D eigenvalue weighted by Gasteiger charge is 2.30. The molecule has 0 aromatic carbocycles. The summed E-state index contributed by atoms with van der Waals surface area (Å²) < 4.78 is 0. The number of nitrogens with zero attached hydrogens (tertiary/aromatic N) is 2. The maximum atomic E-state index is 12.5. The second-order valence-electron chi connectivity index (χ2n) is 6.16. The Morgan fingerprint density at radius 2 is 2.15 bits per heavy atom. The quantitative estimate of drug-likeness (QED) is 0.734. The summed E-state index contributed by atoms with van der Waals surface area (Å²) in [6.07, 6.45) is 4.26. The van der Waals surface area contributed by atoms with E-state index in [0.717, 1.165) is 24.3 Å². The molecule has 1 unspecified atom stereocenters. The zero-order valence-electron chi connectivity index (χ0n) is 15.1. The molecule has 9 heteroatoms. The number of rotatable bonds is 6. The molecule has 1 aliphatic heterocycles. The maximum Gasteiger partial charge on any atom is 0.239 e. The number of halogens is 2. The average molecular weight is 423 g/mol. The van der Waals surface area contributed by atoms with Crippen LogP contribution in [-0.2, 0) is 9.59 Å². The monoisotopic (exact) mass is 422 g/mol. The summed E-state index contributed by atoms with van der Waals surface area (Å²) in [6, 6.07) is 5.04. The van der Waals surface area contributed by atoms with E-state index in [1.54, 1.807) is 22.7 Å². The number of aryl methyl sites for hydroxylation is 1. The van der Waals surface area contributed by atoms with Gasteiger partial charge in [-0.25, -0.2) is 4.98 Å². The summed E-state index contributed by atoms with van der Waals surface area (Å²) in [5, 5.41) is 2.85. The minimum Gasteiger partial charge on any atom is -0.341 e. The van der Waals surface area contributed by atoms with Crippen LogP contribution in [0.2, 0.25) is 0 Å². The van der Waals surface area contributed by atoms with Crippen LogP contribution < -0.4 is 11.1 Å². The second kappa shape index (κ2) is 12.4. The van der Waals surface area contributed by atoms with E-state index in [-0.39, 0.29) is 42.5 Å². The Labute approximate surface area is 171 Å². The Balaban J connectivity index is 0.00000312. The lowest BCUT2D eigenvalue weighted by Crippen LogP contribution is -2.50. The van der Waals surface area contributed by atoms with Gasteiger partial charge in [0.2, 0.25) is 11.8 Å². The van der Waals surface area contributed by atoms with Crippen LogP contribution in [-0.4, -0.2) is 52.8 Å². The molecule has 0 aliphatic carbocycles. The number of carbonyl (C=O) groups is 2. The smallest absolute Gasteiger partial charge is 0.239 e. The fourth-order valence-corrected chi connectivity index (χ4v) is 3.32. The van der Waals surface area contributed by atoms with Crippen LogP contribution in [0.4, 0.5) is 5.82 Å². The zero-order chi connectivity index (χ0) is 17.5. The van der Waals surface area contributed by atoms with Crippen molar-refractivity contribution < 1.29 is 9.59 Å².